The lowest BCUT2D eigenvalue weighted by Crippen LogP contribution is -1.97. The molecule has 0 amide bonds. The molecule has 27 heavy (non-hydrogen) atoms. The molecule has 0 saturated carbocycles. The predicted octanol–water partition coefficient (Wildman–Crippen LogP) is 7.61. The van der Waals surface area contributed by atoms with Crippen LogP contribution in [-0.4, -0.2) is 11.3 Å². The van der Waals surface area contributed by atoms with Crippen molar-refractivity contribution in [3.8, 4) is 16.9 Å². The van der Waals surface area contributed by atoms with E-state index < -0.39 is 9.23 Å². The van der Waals surface area contributed by atoms with Crippen LogP contribution in [0.2, 0.25) is 0 Å². The van der Waals surface area contributed by atoms with Gasteiger partial charge in [-0.25, -0.2) is 4.21 Å². The smallest absolute Gasteiger partial charge is 0.141 e. The first-order valence-electron chi connectivity index (χ1n) is 8.07. The van der Waals surface area contributed by atoms with Gasteiger partial charge in [0.2, 0.25) is 0 Å². The third-order valence-corrected chi connectivity index (χ3v) is 7.72. The molecule has 0 aliphatic rings. The molecule has 4 rings (SSSR count). The molecule has 0 heterocycles. The lowest BCUT2D eigenvalue weighted by molar-refractivity contribution is 0.414. The summed E-state index contributed by atoms with van der Waals surface area (Å²) in [6, 6.07) is 20.3. The van der Waals surface area contributed by atoms with Crippen LogP contribution in [0.15, 0.2) is 74.5 Å². The Kier molecular flexibility index (Phi) is 5.43. The van der Waals surface area contributed by atoms with Crippen LogP contribution < -0.4 is 4.74 Å². The zero-order valence-electron chi connectivity index (χ0n) is 14.1. The summed E-state index contributed by atoms with van der Waals surface area (Å²) in [7, 11) is 0.282. The van der Waals surface area contributed by atoms with Gasteiger partial charge >= 0.3 is 0 Å². The molecule has 0 radical (unpaired) electrons. The largest absolute Gasteiger partial charge is 0.495 e. The fourth-order valence-electron chi connectivity index (χ4n) is 3.44. The van der Waals surface area contributed by atoms with Gasteiger partial charge in [-0.2, -0.15) is 0 Å². The Hall–Kier alpha value is -1.21. The molecule has 4 aromatic carbocycles. The van der Waals surface area contributed by atoms with E-state index in [-0.39, 0.29) is 0 Å². The van der Waals surface area contributed by atoms with Gasteiger partial charge in [-0.1, -0.05) is 48.5 Å². The van der Waals surface area contributed by atoms with Gasteiger partial charge in [0.05, 0.1) is 16.5 Å². The quantitative estimate of drug-likeness (QED) is 0.238. The number of rotatable bonds is 3. The summed E-state index contributed by atoms with van der Waals surface area (Å²) in [6.07, 6.45) is 0. The Balaban J connectivity index is 2.31. The van der Waals surface area contributed by atoms with Gasteiger partial charge in [0.25, 0.3) is 0 Å². The SMILES string of the molecule is COc1c(Br)cc2ccccc2c1-c1c(S(=O)Br)c(Br)cc2ccccc12. The van der Waals surface area contributed by atoms with Crippen molar-refractivity contribution < 1.29 is 8.95 Å². The van der Waals surface area contributed by atoms with E-state index in [2.05, 4.69) is 70.9 Å². The van der Waals surface area contributed by atoms with Gasteiger partial charge in [0, 0.05) is 30.4 Å². The highest BCUT2D eigenvalue weighted by Gasteiger charge is 2.23. The molecule has 0 bridgehead atoms. The van der Waals surface area contributed by atoms with Gasteiger partial charge in [0.15, 0.2) is 0 Å². The van der Waals surface area contributed by atoms with Crippen molar-refractivity contribution >= 4 is 77.5 Å². The van der Waals surface area contributed by atoms with E-state index in [1.807, 2.05) is 36.4 Å². The summed E-state index contributed by atoms with van der Waals surface area (Å²) in [5.74, 6) is 0.719. The first-order valence-corrected chi connectivity index (χ1v) is 12.7. The number of ether oxygens (including phenoxy) is 1. The molecule has 2 nitrogen and oxygen atoms in total. The Bertz CT molecular complexity index is 1220. The van der Waals surface area contributed by atoms with Gasteiger partial charge in [0.1, 0.15) is 15.0 Å². The van der Waals surface area contributed by atoms with Crippen LogP contribution in [-0.2, 0) is 9.23 Å². The van der Waals surface area contributed by atoms with E-state index >= 15 is 0 Å². The van der Waals surface area contributed by atoms with Crippen molar-refractivity contribution in [1.29, 1.82) is 0 Å². The average molecular weight is 569 g/mol. The number of methoxy groups -OCH3 is 1. The highest BCUT2D eigenvalue weighted by Crippen LogP contribution is 2.48. The monoisotopic (exact) mass is 566 g/mol. The van der Waals surface area contributed by atoms with Crippen LogP contribution in [0.4, 0.5) is 0 Å². The second-order valence-corrected chi connectivity index (χ2v) is 10.3. The van der Waals surface area contributed by atoms with Crippen LogP contribution in [0.5, 0.6) is 5.75 Å². The van der Waals surface area contributed by atoms with Crippen molar-refractivity contribution in [3.05, 3.63) is 69.6 Å². The molecule has 136 valence electrons. The van der Waals surface area contributed by atoms with Crippen molar-refractivity contribution in [3.63, 3.8) is 0 Å². The number of benzene rings is 4. The van der Waals surface area contributed by atoms with Crippen LogP contribution in [0.1, 0.15) is 0 Å². The topological polar surface area (TPSA) is 26.3 Å². The molecule has 0 aliphatic carbocycles. The molecule has 0 N–H and O–H groups in total. The lowest BCUT2D eigenvalue weighted by Gasteiger charge is -2.19. The van der Waals surface area contributed by atoms with Gasteiger partial charge in [-0.3, -0.25) is 0 Å². The maximum absolute atomic E-state index is 12.7. The number of hydrogen-bond acceptors (Lipinski definition) is 2. The molecule has 4 aromatic rings. The predicted molar refractivity (Wildman–Crippen MR) is 124 cm³/mol. The third kappa shape index (κ3) is 3.27. The summed E-state index contributed by atoms with van der Waals surface area (Å²) in [5, 5.41) is 4.20. The summed E-state index contributed by atoms with van der Waals surface area (Å²) in [5.41, 5.74) is 1.81. The second kappa shape index (κ2) is 7.66. The van der Waals surface area contributed by atoms with Crippen molar-refractivity contribution in [1.82, 2.24) is 0 Å². The summed E-state index contributed by atoms with van der Waals surface area (Å²) in [4.78, 5) is 0.690. The zero-order chi connectivity index (χ0) is 19.1. The first kappa shape index (κ1) is 19.1. The molecule has 0 fully saturated rings. The fourth-order valence-corrected chi connectivity index (χ4v) is 7.18. The van der Waals surface area contributed by atoms with E-state index in [1.54, 1.807) is 7.11 Å². The standard InChI is InChI=1S/C21H13Br3O2S/c1-26-20-16(22)10-12-6-2-4-8-14(12)18(20)19-15-9-5-3-7-13(15)11-17(23)21(19)27(24)25/h2-11H,1H3. The first-order chi connectivity index (χ1) is 13.0. The van der Waals surface area contributed by atoms with E-state index in [9.17, 15) is 4.21 Å². The fraction of sp³-hybridized carbons (Fsp3) is 0.0476. The number of halogens is 3. The Morgan fingerprint density at radius 1 is 0.815 bits per heavy atom. The van der Waals surface area contributed by atoms with Crippen LogP contribution in [0.3, 0.4) is 0 Å². The summed E-state index contributed by atoms with van der Waals surface area (Å²) < 4.78 is 20.1. The van der Waals surface area contributed by atoms with E-state index in [0.717, 1.165) is 47.4 Å². The molecule has 0 spiro atoms. The molecular weight excluding hydrogens is 556 g/mol. The molecule has 1 unspecified atom stereocenters. The Labute approximate surface area is 183 Å². The van der Waals surface area contributed by atoms with Gasteiger partial charge < -0.3 is 4.74 Å². The second-order valence-electron chi connectivity index (χ2n) is 5.99. The molecule has 0 aliphatic heterocycles. The minimum absolute atomic E-state index is 0.690. The highest BCUT2D eigenvalue weighted by atomic mass is 79.9. The third-order valence-electron chi connectivity index (χ3n) is 4.53. The van der Waals surface area contributed by atoms with Crippen molar-refractivity contribution in [2.24, 2.45) is 0 Å². The molecule has 0 aromatic heterocycles. The molecule has 1 atom stereocenters. The van der Waals surface area contributed by atoms with Crippen LogP contribution in [0.25, 0.3) is 32.7 Å². The maximum atomic E-state index is 12.7. The number of hydrogen-bond donors (Lipinski definition) is 0. The number of fused-ring (bicyclic) bond motifs is 2. The lowest BCUT2D eigenvalue weighted by atomic mass is 9.93. The van der Waals surface area contributed by atoms with Gasteiger partial charge in [-0.05, 0) is 65.5 Å². The van der Waals surface area contributed by atoms with Crippen molar-refractivity contribution in [2.75, 3.05) is 7.11 Å². The molecular formula is C21H13Br3O2S. The molecule has 0 saturated heterocycles. The van der Waals surface area contributed by atoms with Crippen molar-refractivity contribution in [2.45, 2.75) is 4.90 Å². The molecule has 6 heteroatoms. The maximum Gasteiger partial charge on any atom is 0.141 e. The summed E-state index contributed by atoms with van der Waals surface area (Å²) >= 11 is 10.6. The zero-order valence-corrected chi connectivity index (χ0v) is 19.7. The van der Waals surface area contributed by atoms with E-state index in [4.69, 9.17) is 4.74 Å². The van der Waals surface area contributed by atoms with E-state index in [1.165, 1.54) is 0 Å². The van der Waals surface area contributed by atoms with Crippen LogP contribution in [0, 0.1) is 0 Å². The highest BCUT2D eigenvalue weighted by molar-refractivity contribution is 9.46. The minimum atomic E-state index is -1.37. The summed E-state index contributed by atoms with van der Waals surface area (Å²) in [6.45, 7) is 0. The van der Waals surface area contributed by atoms with Crippen LogP contribution >= 0.6 is 46.7 Å². The Morgan fingerprint density at radius 2 is 1.33 bits per heavy atom. The van der Waals surface area contributed by atoms with E-state index in [0.29, 0.717) is 4.90 Å². The normalized spacial score (nSPS) is 12.4. The minimum Gasteiger partial charge on any atom is -0.495 e. The van der Waals surface area contributed by atoms with Gasteiger partial charge in [-0.15, -0.1) is 0 Å². The average Bonchev–Trinajstić information content (AvgIpc) is 2.65. The Morgan fingerprint density at radius 3 is 1.89 bits per heavy atom.